The van der Waals surface area contributed by atoms with Crippen LogP contribution in [0.3, 0.4) is 0 Å². The van der Waals surface area contributed by atoms with E-state index in [1.165, 1.54) is 6.07 Å². The van der Waals surface area contributed by atoms with E-state index < -0.39 is 12.0 Å². The third-order valence-electron chi connectivity index (χ3n) is 2.37. The van der Waals surface area contributed by atoms with E-state index in [9.17, 15) is 13.2 Å². The lowest BCUT2D eigenvalue weighted by Crippen LogP contribution is -2.26. The van der Waals surface area contributed by atoms with Crippen molar-refractivity contribution in [3.63, 3.8) is 0 Å². The zero-order valence-electron chi connectivity index (χ0n) is 11.3. The van der Waals surface area contributed by atoms with Crippen LogP contribution < -0.4 is 10.2 Å². The first-order valence-corrected chi connectivity index (χ1v) is 6.11. The highest BCUT2D eigenvalue weighted by molar-refractivity contribution is 5.51. The van der Waals surface area contributed by atoms with E-state index in [0.717, 1.165) is 4.90 Å². The minimum atomic E-state index is -4.70. The maximum atomic E-state index is 12.8. The molecule has 0 atom stereocenters. The van der Waals surface area contributed by atoms with Crippen molar-refractivity contribution in [1.29, 1.82) is 10.5 Å². The standard InChI is InChI=1S/C12H13F3N6/c1-2-5-18-9-8-10(21(6-3-16)7-4-17)20-11(19-9)12(13,14)15/h8H,2,5-7H2,1H3,(H,18,19,20). The number of nitrogens with one attached hydrogen (secondary N) is 1. The van der Waals surface area contributed by atoms with Gasteiger partial charge < -0.3 is 10.2 Å². The van der Waals surface area contributed by atoms with Crippen LogP contribution in [0, 0.1) is 22.7 Å². The largest absolute Gasteiger partial charge is 0.451 e. The predicted octanol–water partition coefficient (Wildman–Crippen LogP) is 2.17. The Morgan fingerprint density at radius 2 is 1.86 bits per heavy atom. The number of alkyl halides is 3. The fourth-order valence-electron chi connectivity index (χ4n) is 1.46. The second-order valence-corrected chi connectivity index (χ2v) is 4.03. The lowest BCUT2D eigenvalue weighted by Gasteiger charge is -2.19. The van der Waals surface area contributed by atoms with Crippen molar-refractivity contribution in [3.05, 3.63) is 11.9 Å². The molecule has 21 heavy (non-hydrogen) atoms. The molecule has 0 aliphatic carbocycles. The lowest BCUT2D eigenvalue weighted by atomic mass is 10.4. The molecule has 9 heteroatoms. The molecule has 0 saturated carbocycles. The van der Waals surface area contributed by atoms with Gasteiger partial charge in [-0.25, -0.2) is 9.97 Å². The number of nitriles is 2. The van der Waals surface area contributed by atoms with E-state index in [-0.39, 0.29) is 24.7 Å². The smallest absolute Gasteiger partial charge is 0.370 e. The van der Waals surface area contributed by atoms with Gasteiger partial charge in [-0.2, -0.15) is 23.7 Å². The van der Waals surface area contributed by atoms with Gasteiger partial charge in [0, 0.05) is 12.6 Å². The molecule has 0 aliphatic heterocycles. The molecule has 1 aromatic heterocycles. The van der Waals surface area contributed by atoms with Crippen LogP contribution in [0.5, 0.6) is 0 Å². The Morgan fingerprint density at radius 3 is 2.33 bits per heavy atom. The number of hydrogen-bond acceptors (Lipinski definition) is 6. The van der Waals surface area contributed by atoms with E-state index in [0.29, 0.717) is 13.0 Å². The van der Waals surface area contributed by atoms with Crippen molar-refractivity contribution >= 4 is 11.6 Å². The van der Waals surface area contributed by atoms with Crippen molar-refractivity contribution in [2.24, 2.45) is 0 Å². The van der Waals surface area contributed by atoms with Crippen LogP contribution >= 0.6 is 0 Å². The van der Waals surface area contributed by atoms with Crippen LogP contribution in [0.15, 0.2) is 6.07 Å². The molecule has 1 heterocycles. The molecule has 0 radical (unpaired) electrons. The molecule has 112 valence electrons. The lowest BCUT2D eigenvalue weighted by molar-refractivity contribution is -0.144. The summed E-state index contributed by atoms with van der Waals surface area (Å²) in [5.74, 6) is -1.41. The van der Waals surface area contributed by atoms with Crippen molar-refractivity contribution in [3.8, 4) is 12.1 Å². The number of halogens is 3. The van der Waals surface area contributed by atoms with Gasteiger partial charge in [-0.1, -0.05) is 6.92 Å². The van der Waals surface area contributed by atoms with Crippen molar-refractivity contribution < 1.29 is 13.2 Å². The summed E-state index contributed by atoms with van der Waals surface area (Å²) in [7, 11) is 0. The summed E-state index contributed by atoms with van der Waals surface area (Å²) in [6, 6.07) is 4.86. The highest BCUT2D eigenvalue weighted by Crippen LogP contribution is 2.29. The van der Waals surface area contributed by atoms with Gasteiger partial charge in [-0.05, 0) is 6.42 Å². The van der Waals surface area contributed by atoms with Crippen LogP contribution in [0.25, 0.3) is 0 Å². The van der Waals surface area contributed by atoms with Gasteiger partial charge in [0.05, 0.1) is 12.1 Å². The van der Waals surface area contributed by atoms with Gasteiger partial charge in [0.1, 0.15) is 24.7 Å². The van der Waals surface area contributed by atoms with Crippen LogP contribution in [0.4, 0.5) is 24.8 Å². The van der Waals surface area contributed by atoms with Gasteiger partial charge in [0.25, 0.3) is 0 Å². The topological polar surface area (TPSA) is 88.6 Å². The molecular weight excluding hydrogens is 285 g/mol. The summed E-state index contributed by atoms with van der Waals surface area (Å²) in [6.07, 6.45) is -4.00. The monoisotopic (exact) mass is 298 g/mol. The average Bonchev–Trinajstić information content (AvgIpc) is 2.43. The second-order valence-electron chi connectivity index (χ2n) is 4.03. The Morgan fingerprint density at radius 1 is 1.24 bits per heavy atom. The Labute approximate surface area is 119 Å². The van der Waals surface area contributed by atoms with Crippen LogP contribution in [-0.4, -0.2) is 29.6 Å². The molecule has 0 bridgehead atoms. The molecule has 0 fully saturated rings. The molecule has 0 saturated heterocycles. The molecule has 0 aromatic carbocycles. The molecular formula is C12H13F3N6. The third-order valence-corrected chi connectivity index (χ3v) is 2.37. The number of anilines is 2. The number of hydrogen-bond donors (Lipinski definition) is 1. The van der Waals surface area contributed by atoms with Gasteiger partial charge in [0.2, 0.25) is 5.82 Å². The third kappa shape index (κ3) is 4.80. The Balaban J connectivity index is 3.23. The molecule has 1 aromatic rings. The van der Waals surface area contributed by atoms with Crippen LogP contribution in [0.1, 0.15) is 19.2 Å². The normalized spacial score (nSPS) is 10.6. The quantitative estimate of drug-likeness (QED) is 0.810. The fraction of sp³-hybridized carbons (Fsp3) is 0.500. The number of rotatable bonds is 6. The summed E-state index contributed by atoms with van der Waals surface area (Å²) in [5.41, 5.74) is 0. The van der Waals surface area contributed by atoms with Crippen LogP contribution in [-0.2, 0) is 6.18 Å². The second kappa shape index (κ2) is 7.29. The van der Waals surface area contributed by atoms with Crippen molar-refractivity contribution in [2.45, 2.75) is 19.5 Å². The highest BCUT2D eigenvalue weighted by atomic mass is 19.4. The zero-order chi connectivity index (χ0) is 15.9. The van der Waals surface area contributed by atoms with Crippen LogP contribution in [0.2, 0.25) is 0 Å². The number of nitrogens with zero attached hydrogens (tertiary/aromatic N) is 5. The Bertz CT molecular complexity index is 542. The maximum absolute atomic E-state index is 12.8. The Kier molecular flexibility index (Phi) is 5.73. The predicted molar refractivity (Wildman–Crippen MR) is 69.3 cm³/mol. The number of aromatic nitrogens is 2. The zero-order valence-corrected chi connectivity index (χ0v) is 11.3. The summed E-state index contributed by atoms with van der Waals surface area (Å²) in [4.78, 5) is 7.95. The molecule has 0 amide bonds. The highest BCUT2D eigenvalue weighted by Gasteiger charge is 2.35. The molecule has 6 nitrogen and oxygen atoms in total. The van der Waals surface area contributed by atoms with Gasteiger partial charge in [0.15, 0.2) is 0 Å². The van der Waals surface area contributed by atoms with Crippen molar-refractivity contribution in [2.75, 3.05) is 29.9 Å². The molecule has 0 aliphatic rings. The summed E-state index contributed by atoms with van der Waals surface area (Å²) >= 11 is 0. The molecule has 0 unspecified atom stereocenters. The first-order chi connectivity index (χ1) is 9.92. The van der Waals surface area contributed by atoms with E-state index in [2.05, 4.69) is 15.3 Å². The first-order valence-electron chi connectivity index (χ1n) is 6.11. The van der Waals surface area contributed by atoms with Crippen molar-refractivity contribution in [1.82, 2.24) is 9.97 Å². The fourth-order valence-corrected chi connectivity index (χ4v) is 1.46. The Hall–Kier alpha value is -2.55. The van der Waals surface area contributed by atoms with Gasteiger partial charge in [-0.3, -0.25) is 0 Å². The van der Waals surface area contributed by atoms with E-state index >= 15 is 0 Å². The van der Waals surface area contributed by atoms with E-state index in [1.807, 2.05) is 6.92 Å². The van der Waals surface area contributed by atoms with E-state index in [1.54, 1.807) is 12.1 Å². The van der Waals surface area contributed by atoms with Gasteiger partial charge in [-0.15, -0.1) is 0 Å². The molecule has 1 N–H and O–H groups in total. The first kappa shape index (κ1) is 16.5. The van der Waals surface area contributed by atoms with Gasteiger partial charge >= 0.3 is 6.18 Å². The minimum absolute atomic E-state index is 0.00931. The maximum Gasteiger partial charge on any atom is 0.451 e. The summed E-state index contributed by atoms with van der Waals surface area (Å²) in [6.45, 7) is 1.83. The van der Waals surface area contributed by atoms with E-state index in [4.69, 9.17) is 10.5 Å². The SMILES string of the molecule is CCCNc1cc(N(CC#N)CC#N)nc(C(F)(F)F)n1. The average molecular weight is 298 g/mol. The summed E-state index contributed by atoms with van der Waals surface area (Å²) in [5, 5.41) is 20.1. The molecule has 0 spiro atoms. The minimum Gasteiger partial charge on any atom is -0.370 e. The molecule has 1 rings (SSSR count). The summed E-state index contributed by atoms with van der Waals surface area (Å²) < 4.78 is 38.4.